The second kappa shape index (κ2) is 8.46. The Labute approximate surface area is 197 Å². The van der Waals surface area contributed by atoms with Crippen LogP contribution in [0.25, 0.3) is 0 Å². The standard InChI is InChI=1S/C23H23ClN4O4S/c24-17-6-3-5-16(15-17)22(29)26-11-13-27(14-12-26)23(30)19-8-4-10-28(19)21-18-7-1-2-9-20(18)33(31,32)25-21/h1-3,5-7,9,15,19H,4,8,10-14H2/t19-/m0/s1. The first-order valence-corrected chi connectivity index (χ1v) is 12.7. The van der Waals surface area contributed by atoms with Crippen LogP contribution in [0.3, 0.4) is 0 Å². The molecule has 0 bridgehead atoms. The molecule has 2 saturated heterocycles. The summed E-state index contributed by atoms with van der Waals surface area (Å²) in [5.74, 6) is 0.206. The molecule has 1 atom stereocenters. The van der Waals surface area contributed by atoms with Crippen LogP contribution in [0.15, 0.2) is 57.8 Å². The van der Waals surface area contributed by atoms with Crippen molar-refractivity contribution in [2.24, 2.45) is 4.40 Å². The van der Waals surface area contributed by atoms with Crippen LogP contribution in [0, 0.1) is 0 Å². The third-order valence-corrected chi connectivity index (χ3v) is 7.93. The quantitative estimate of drug-likeness (QED) is 0.649. The number of carbonyl (C=O) groups is 2. The molecule has 0 aromatic heterocycles. The summed E-state index contributed by atoms with van der Waals surface area (Å²) >= 11 is 6.01. The second-order valence-electron chi connectivity index (χ2n) is 8.37. The zero-order chi connectivity index (χ0) is 23.2. The van der Waals surface area contributed by atoms with Gasteiger partial charge in [0.15, 0.2) is 5.84 Å². The predicted molar refractivity (Wildman–Crippen MR) is 124 cm³/mol. The lowest BCUT2D eigenvalue weighted by Crippen LogP contribution is -2.55. The molecule has 3 aliphatic rings. The largest absolute Gasteiger partial charge is 0.343 e. The van der Waals surface area contributed by atoms with E-state index < -0.39 is 16.1 Å². The molecular formula is C23H23ClN4O4S. The lowest BCUT2D eigenvalue weighted by atomic mass is 10.1. The van der Waals surface area contributed by atoms with Crippen molar-refractivity contribution in [3.8, 4) is 0 Å². The molecule has 0 N–H and O–H groups in total. The van der Waals surface area contributed by atoms with Crippen LogP contribution < -0.4 is 0 Å². The van der Waals surface area contributed by atoms with Crippen molar-refractivity contribution in [1.29, 1.82) is 0 Å². The number of nitrogens with zero attached hydrogens (tertiary/aromatic N) is 4. The van der Waals surface area contributed by atoms with Gasteiger partial charge in [0.25, 0.3) is 15.9 Å². The Kier molecular flexibility index (Phi) is 5.62. The fourth-order valence-corrected chi connectivity index (χ4v) is 6.12. The highest BCUT2D eigenvalue weighted by atomic mass is 35.5. The highest BCUT2D eigenvalue weighted by Gasteiger charge is 2.41. The molecule has 33 heavy (non-hydrogen) atoms. The first-order valence-electron chi connectivity index (χ1n) is 10.9. The van der Waals surface area contributed by atoms with Crippen LogP contribution in [-0.2, 0) is 14.8 Å². The van der Waals surface area contributed by atoms with Gasteiger partial charge < -0.3 is 14.7 Å². The van der Waals surface area contributed by atoms with E-state index in [1.165, 1.54) is 0 Å². The SMILES string of the molecule is O=C(c1cccc(Cl)c1)N1CCN(C(=O)[C@@H]2CCCN2C2=NS(=O)(=O)c3ccccc32)CC1. The summed E-state index contributed by atoms with van der Waals surface area (Å²) < 4.78 is 29.0. The van der Waals surface area contributed by atoms with E-state index in [9.17, 15) is 18.0 Å². The molecule has 10 heteroatoms. The summed E-state index contributed by atoms with van der Waals surface area (Å²) in [6.07, 6.45) is 1.42. The zero-order valence-corrected chi connectivity index (χ0v) is 19.4. The molecule has 0 spiro atoms. The zero-order valence-electron chi connectivity index (χ0n) is 17.9. The summed E-state index contributed by atoms with van der Waals surface area (Å²) in [5.41, 5.74) is 1.08. The molecule has 0 aliphatic carbocycles. The van der Waals surface area contributed by atoms with Gasteiger partial charge in [-0.3, -0.25) is 9.59 Å². The summed E-state index contributed by atoms with van der Waals surface area (Å²) in [4.78, 5) is 31.7. The molecule has 3 aliphatic heterocycles. The maximum absolute atomic E-state index is 13.4. The summed E-state index contributed by atoms with van der Waals surface area (Å²) in [6, 6.07) is 13.1. The molecule has 172 valence electrons. The lowest BCUT2D eigenvalue weighted by Gasteiger charge is -2.37. The van der Waals surface area contributed by atoms with E-state index >= 15 is 0 Å². The van der Waals surface area contributed by atoms with E-state index in [0.29, 0.717) is 61.1 Å². The van der Waals surface area contributed by atoms with Crippen molar-refractivity contribution < 1.29 is 18.0 Å². The van der Waals surface area contributed by atoms with Gasteiger partial charge in [0.1, 0.15) is 10.9 Å². The molecule has 5 rings (SSSR count). The van der Waals surface area contributed by atoms with Crippen molar-refractivity contribution in [3.05, 3.63) is 64.7 Å². The van der Waals surface area contributed by atoms with Crippen LogP contribution in [-0.4, -0.2) is 79.5 Å². The lowest BCUT2D eigenvalue weighted by molar-refractivity contribution is -0.136. The number of amides is 2. The molecule has 2 aromatic carbocycles. The number of hydrogen-bond acceptors (Lipinski definition) is 5. The number of likely N-dealkylation sites (tertiary alicyclic amines) is 1. The minimum atomic E-state index is -3.74. The predicted octanol–water partition coefficient (Wildman–Crippen LogP) is 2.24. The van der Waals surface area contributed by atoms with Gasteiger partial charge in [-0.25, -0.2) is 0 Å². The fourth-order valence-electron chi connectivity index (χ4n) is 4.72. The maximum atomic E-state index is 13.4. The Morgan fingerprint density at radius 1 is 0.939 bits per heavy atom. The number of rotatable bonds is 2. The molecule has 2 aromatic rings. The Balaban J connectivity index is 1.28. The normalized spacial score (nSPS) is 21.7. The van der Waals surface area contributed by atoms with E-state index in [1.54, 1.807) is 58.3 Å². The van der Waals surface area contributed by atoms with Crippen molar-refractivity contribution >= 4 is 39.3 Å². The van der Waals surface area contributed by atoms with Gasteiger partial charge in [-0.1, -0.05) is 29.8 Å². The monoisotopic (exact) mass is 486 g/mol. The van der Waals surface area contributed by atoms with Gasteiger partial charge in [0.05, 0.1) is 0 Å². The Morgan fingerprint density at radius 3 is 2.42 bits per heavy atom. The van der Waals surface area contributed by atoms with E-state index in [0.717, 1.165) is 6.42 Å². The summed E-state index contributed by atoms with van der Waals surface area (Å²) in [7, 11) is -3.74. The minimum absolute atomic E-state index is 0.0492. The fraction of sp³-hybridized carbons (Fsp3) is 0.348. The number of sulfonamides is 1. The number of halogens is 1. The molecule has 0 saturated carbocycles. The van der Waals surface area contributed by atoms with Gasteiger partial charge in [-0.05, 0) is 43.2 Å². The first-order chi connectivity index (χ1) is 15.8. The van der Waals surface area contributed by atoms with E-state index in [4.69, 9.17) is 11.6 Å². The molecule has 2 fully saturated rings. The number of fused-ring (bicyclic) bond motifs is 1. The van der Waals surface area contributed by atoms with Gasteiger partial charge >= 0.3 is 0 Å². The number of carbonyl (C=O) groups excluding carboxylic acids is 2. The Hall–Kier alpha value is -2.91. The van der Waals surface area contributed by atoms with Gasteiger partial charge in [0, 0.05) is 48.9 Å². The van der Waals surface area contributed by atoms with Crippen molar-refractivity contribution in [2.45, 2.75) is 23.8 Å². The molecule has 0 unspecified atom stereocenters. The number of amidine groups is 1. The molecule has 0 radical (unpaired) electrons. The molecule has 8 nitrogen and oxygen atoms in total. The average molecular weight is 487 g/mol. The highest BCUT2D eigenvalue weighted by molar-refractivity contribution is 7.90. The van der Waals surface area contributed by atoms with E-state index in [2.05, 4.69) is 4.40 Å². The summed E-state index contributed by atoms with van der Waals surface area (Å²) in [6.45, 7) is 2.30. The van der Waals surface area contributed by atoms with Crippen molar-refractivity contribution in [2.75, 3.05) is 32.7 Å². The van der Waals surface area contributed by atoms with Crippen LogP contribution in [0.2, 0.25) is 5.02 Å². The average Bonchev–Trinajstić information content (AvgIpc) is 3.41. The van der Waals surface area contributed by atoms with Gasteiger partial charge in [-0.15, -0.1) is 4.40 Å². The first kappa shape index (κ1) is 21.9. The topological polar surface area (TPSA) is 90.4 Å². The highest BCUT2D eigenvalue weighted by Crippen LogP contribution is 2.31. The van der Waals surface area contributed by atoms with Gasteiger partial charge in [0.2, 0.25) is 5.91 Å². The third kappa shape index (κ3) is 4.00. The summed E-state index contributed by atoms with van der Waals surface area (Å²) in [5, 5.41) is 0.509. The van der Waals surface area contributed by atoms with Crippen LogP contribution in [0.4, 0.5) is 0 Å². The number of hydrogen-bond donors (Lipinski definition) is 0. The van der Waals surface area contributed by atoms with Crippen molar-refractivity contribution in [3.63, 3.8) is 0 Å². The Bertz CT molecular complexity index is 1250. The van der Waals surface area contributed by atoms with Crippen LogP contribution >= 0.6 is 11.6 Å². The van der Waals surface area contributed by atoms with Crippen LogP contribution in [0.5, 0.6) is 0 Å². The third-order valence-electron chi connectivity index (χ3n) is 6.37. The number of benzene rings is 2. The molecular weight excluding hydrogens is 464 g/mol. The van der Waals surface area contributed by atoms with Crippen LogP contribution in [0.1, 0.15) is 28.8 Å². The minimum Gasteiger partial charge on any atom is -0.343 e. The second-order valence-corrected chi connectivity index (χ2v) is 10.4. The maximum Gasteiger partial charge on any atom is 0.285 e. The van der Waals surface area contributed by atoms with Gasteiger partial charge in [-0.2, -0.15) is 8.42 Å². The van der Waals surface area contributed by atoms with E-state index in [-0.39, 0.29) is 16.7 Å². The van der Waals surface area contributed by atoms with Crippen molar-refractivity contribution in [1.82, 2.24) is 14.7 Å². The smallest absolute Gasteiger partial charge is 0.285 e. The number of piperazine rings is 1. The van der Waals surface area contributed by atoms with E-state index in [1.807, 2.05) is 4.90 Å². The molecule has 3 heterocycles. The molecule has 2 amide bonds. The Morgan fingerprint density at radius 2 is 1.67 bits per heavy atom.